The molecule has 1 amide bonds. The van der Waals surface area contributed by atoms with E-state index >= 15 is 0 Å². The van der Waals surface area contributed by atoms with Crippen LogP contribution >= 0.6 is 0 Å². The number of nitrogens with two attached hydrogens (primary N) is 1. The number of aromatic nitrogens is 2. The van der Waals surface area contributed by atoms with Crippen LogP contribution in [-0.4, -0.2) is 29.0 Å². The van der Waals surface area contributed by atoms with Gasteiger partial charge in [0.2, 0.25) is 5.95 Å². The van der Waals surface area contributed by atoms with Gasteiger partial charge in [-0.25, -0.2) is 4.98 Å². The molecule has 1 aromatic heterocycles. The Morgan fingerprint density at radius 3 is 2.71 bits per heavy atom. The van der Waals surface area contributed by atoms with Gasteiger partial charge in [-0.05, 0) is 5.41 Å². The van der Waals surface area contributed by atoms with Crippen molar-refractivity contribution < 1.29 is 4.79 Å². The summed E-state index contributed by atoms with van der Waals surface area (Å²) < 4.78 is 0. The third kappa shape index (κ3) is 1.51. The second kappa shape index (κ2) is 3.09. The number of rotatable bonds is 1. The first-order valence-corrected chi connectivity index (χ1v) is 5.66. The summed E-state index contributed by atoms with van der Waals surface area (Å²) in [5.74, 6) is 0.821. The van der Waals surface area contributed by atoms with E-state index in [0.29, 0.717) is 23.6 Å². The Morgan fingerprint density at radius 2 is 2.06 bits per heavy atom. The Bertz CT molecular complexity index is 503. The fourth-order valence-electron chi connectivity index (χ4n) is 2.49. The molecule has 0 aromatic carbocycles. The molecule has 0 aliphatic carbocycles. The van der Waals surface area contributed by atoms with Crippen molar-refractivity contribution in [3.63, 3.8) is 0 Å². The summed E-state index contributed by atoms with van der Waals surface area (Å²) in [6.07, 6.45) is 0. The lowest BCUT2D eigenvalue weighted by atomic mass is 9.84. The van der Waals surface area contributed by atoms with E-state index in [9.17, 15) is 4.79 Å². The van der Waals surface area contributed by atoms with Crippen LogP contribution < -0.4 is 16.0 Å². The third-order valence-electron chi connectivity index (χ3n) is 3.16. The third-order valence-corrected chi connectivity index (χ3v) is 3.16. The first kappa shape index (κ1) is 10.3. The Hall–Kier alpha value is -1.85. The first-order valence-electron chi connectivity index (χ1n) is 5.66. The van der Waals surface area contributed by atoms with Crippen molar-refractivity contribution in [1.82, 2.24) is 15.3 Å². The van der Waals surface area contributed by atoms with Gasteiger partial charge in [-0.15, -0.1) is 0 Å². The topological polar surface area (TPSA) is 84.1 Å². The lowest BCUT2D eigenvalue weighted by Gasteiger charge is -2.46. The van der Waals surface area contributed by atoms with Crippen molar-refractivity contribution in [1.29, 1.82) is 0 Å². The van der Waals surface area contributed by atoms with Crippen molar-refractivity contribution in [3.8, 4) is 0 Å². The van der Waals surface area contributed by atoms with E-state index in [2.05, 4.69) is 34.0 Å². The minimum Gasteiger partial charge on any atom is -0.368 e. The first-order chi connectivity index (χ1) is 7.96. The Morgan fingerprint density at radius 1 is 1.35 bits per heavy atom. The van der Waals surface area contributed by atoms with Gasteiger partial charge in [-0.1, -0.05) is 13.8 Å². The number of fused-ring (bicyclic) bond motifs is 1. The van der Waals surface area contributed by atoms with Gasteiger partial charge in [0.15, 0.2) is 0 Å². The van der Waals surface area contributed by atoms with Gasteiger partial charge in [0.25, 0.3) is 5.91 Å². The van der Waals surface area contributed by atoms with Gasteiger partial charge >= 0.3 is 0 Å². The maximum absolute atomic E-state index is 11.7. The van der Waals surface area contributed by atoms with Crippen molar-refractivity contribution in [2.75, 3.05) is 23.7 Å². The molecule has 0 radical (unpaired) electrons. The molecule has 0 atom stereocenters. The van der Waals surface area contributed by atoms with Crippen molar-refractivity contribution in [2.24, 2.45) is 5.41 Å². The second-order valence-corrected chi connectivity index (χ2v) is 5.43. The van der Waals surface area contributed by atoms with Crippen LogP contribution in [0.15, 0.2) is 0 Å². The van der Waals surface area contributed by atoms with Crippen LogP contribution in [0.1, 0.15) is 29.9 Å². The van der Waals surface area contributed by atoms with Gasteiger partial charge in [-0.3, -0.25) is 4.79 Å². The molecule has 3 rings (SSSR count). The summed E-state index contributed by atoms with van der Waals surface area (Å²) in [6, 6.07) is 0. The molecule has 2 aliphatic rings. The average Bonchev–Trinajstić information content (AvgIpc) is 2.55. The van der Waals surface area contributed by atoms with Crippen molar-refractivity contribution in [2.45, 2.75) is 20.4 Å². The smallest absolute Gasteiger partial charge is 0.257 e. The zero-order valence-electron chi connectivity index (χ0n) is 9.95. The monoisotopic (exact) mass is 233 g/mol. The van der Waals surface area contributed by atoms with E-state index in [1.54, 1.807) is 0 Å². The SMILES string of the molecule is CC1(C)CN(c2nc(N)nc3c2C(=O)NC3)C1. The molecule has 0 saturated carbocycles. The maximum Gasteiger partial charge on any atom is 0.257 e. The van der Waals surface area contributed by atoms with Gasteiger partial charge in [-0.2, -0.15) is 4.98 Å². The molecule has 17 heavy (non-hydrogen) atoms. The molecule has 3 heterocycles. The highest BCUT2D eigenvalue weighted by molar-refractivity contribution is 6.02. The molecule has 1 aromatic rings. The molecule has 0 unspecified atom stereocenters. The molecule has 1 saturated heterocycles. The van der Waals surface area contributed by atoms with E-state index in [1.807, 2.05) is 0 Å². The van der Waals surface area contributed by atoms with Crippen molar-refractivity contribution in [3.05, 3.63) is 11.3 Å². The summed E-state index contributed by atoms with van der Waals surface area (Å²) in [7, 11) is 0. The number of nitrogens with one attached hydrogen (secondary N) is 1. The zero-order chi connectivity index (χ0) is 12.2. The molecule has 1 fully saturated rings. The quantitative estimate of drug-likeness (QED) is 0.721. The summed E-state index contributed by atoms with van der Waals surface area (Å²) in [4.78, 5) is 22.1. The normalized spacial score (nSPS) is 20.8. The summed E-state index contributed by atoms with van der Waals surface area (Å²) in [5, 5.41) is 2.75. The predicted molar refractivity (Wildman–Crippen MR) is 63.6 cm³/mol. The highest BCUT2D eigenvalue weighted by Gasteiger charge is 2.39. The summed E-state index contributed by atoms with van der Waals surface area (Å²) in [5.41, 5.74) is 7.26. The van der Waals surface area contributed by atoms with Crippen LogP contribution in [-0.2, 0) is 6.54 Å². The van der Waals surface area contributed by atoms with Gasteiger partial charge in [0.1, 0.15) is 11.4 Å². The van der Waals surface area contributed by atoms with Crippen LogP contribution in [0.4, 0.5) is 11.8 Å². The molecular weight excluding hydrogens is 218 g/mol. The summed E-state index contributed by atoms with van der Waals surface area (Å²) in [6.45, 7) is 6.61. The molecule has 0 spiro atoms. The standard InChI is InChI=1S/C11H15N5O/c1-11(2)4-16(5-11)8-7-6(3-13-9(7)17)14-10(12)15-8/h3-5H2,1-2H3,(H,13,17)(H2,12,14,15). The number of hydrogen-bond donors (Lipinski definition) is 2. The minimum absolute atomic E-state index is 0.0975. The maximum atomic E-state index is 11.7. The lowest BCUT2D eigenvalue weighted by Crippen LogP contribution is -2.54. The molecular formula is C11H15N5O. The minimum atomic E-state index is -0.0975. The summed E-state index contributed by atoms with van der Waals surface area (Å²) >= 11 is 0. The van der Waals surface area contributed by atoms with Crippen LogP contribution in [0.3, 0.4) is 0 Å². The number of nitrogen functional groups attached to an aromatic ring is 1. The molecule has 6 nitrogen and oxygen atoms in total. The number of hydrogen-bond acceptors (Lipinski definition) is 5. The van der Waals surface area contributed by atoms with Gasteiger partial charge in [0, 0.05) is 13.1 Å². The van der Waals surface area contributed by atoms with Crippen molar-refractivity contribution >= 4 is 17.7 Å². The van der Waals surface area contributed by atoms with Crippen LogP contribution in [0.2, 0.25) is 0 Å². The van der Waals surface area contributed by atoms with Crippen LogP contribution in [0, 0.1) is 5.41 Å². The van der Waals surface area contributed by atoms with Gasteiger partial charge in [0.05, 0.1) is 12.2 Å². The molecule has 0 bridgehead atoms. The van der Waals surface area contributed by atoms with E-state index in [-0.39, 0.29) is 17.3 Å². The molecule has 3 N–H and O–H groups in total. The Kier molecular flexibility index (Phi) is 1.87. The number of amides is 1. The van der Waals surface area contributed by atoms with E-state index < -0.39 is 0 Å². The van der Waals surface area contributed by atoms with Crippen LogP contribution in [0.25, 0.3) is 0 Å². The highest BCUT2D eigenvalue weighted by atomic mass is 16.2. The molecule has 6 heteroatoms. The largest absolute Gasteiger partial charge is 0.368 e. The Labute approximate surface area is 99.2 Å². The lowest BCUT2D eigenvalue weighted by molar-refractivity contribution is 0.0965. The van der Waals surface area contributed by atoms with Crippen LogP contribution in [0.5, 0.6) is 0 Å². The molecule has 2 aliphatic heterocycles. The fraction of sp³-hybridized carbons (Fsp3) is 0.545. The van der Waals surface area contributed by atoms with E-state index in [1.165, 1.54) is 0 Å². The number of carbonyl (C=O) groups excluding carboxylic acids is 1. The average molecular weight is 233 g/mol. The number of carbonyl (C=O) groups is 1. The van der Waals surface area contributed by atoms with E-state index in [4.69, 9.17) is 5.73 Å². The highest BCUT2D eigenvalue weighted by Crippen LogP contribution is 2.36. The predicted octanol–water partition coefficient (Wildman–Crippen LogP) is 0.148. The number of anilines is 2. The van der Waals surface area contributed by atoms with Gasteiger partial charge < -0.3 is 16.0 Å². The Balaban J connectivity index is 2.03. The number of nitrogens with zero attached hydrogens (tertiary/aromatic N) is 3. The molecule has 90 valence electrons. The second-order valence-electron chi connectivity index (χ2n) is 5.43. The fourth-order valence-corrected chi connectivity index (χ4v) is 2.49. The zero-order valence-corrected chi connectivity index (χ0v) is 9.95. The van der Waals surface area contributed by atoms with E-state index in [0.717, 1.165) is 13.1 Å².